The number of hydrogen-bond acceptors (Lipinski definition) is 4. The van der Waals surface area contributed by atoms with Gasteiger partial charge in [0.25, 0.3) is 0 Å². The predicted molar refractivity (Wildman–Crippen MR) is 237 cm³/mol. The number of benzene rings is 9. The molecule has 2 heterocycles. The average Bonchev–Trinajstić information content (AvgIpc) is 3.81. The molecular formula is C50H32N2S2. The molecule has 4 heteroatoms. The van der Waals surface area contributed by atoms with Gasteiger partial charge in [-0.1, -0.05) is 109 Å². The van der Waals surface area contributed by atoms with Gasteiger partial charge in [0.2, 0.25) is 0 Å². The van der Waals surface area contributed by atoms with Crippen molar-refractivity contribution in [3.63, 3.8) is 0 Å². The van der Waals surface area contributed by atoms with E-state index in [2.05, 4.69) is 204 Å². The molecule has 0 aliphatic heterocycles. The van der Waals surface area contributed by atoms with Crippen LogP contribution in [0.2, 0.25) is 0 Å². The van der Waals surface area contributed by atoms with E-state index in [-0.39, 0.29) is 0 Å². The highest BCUT2D eigenvalue weighted by Gasteiger charge is 2.20. The lowest BCUT2D eigenvalue weighted by Gasteiger charge is -2.29. The van der Waals surface area contributed by atoms with E-state index in [1.165, 1.54) is 61.9 Å². The van der Waals surface area contributed by atoms with Gasteiger partial charge in [0, 0.05) is 79.9 Å². The smallest absolute Gasteiger partial charge is 0.0482 e. The second kappa shape index (κ2) is 12.6. The van der Waals surface area contributed by atoms with Crippen molar-refractivity contribution < 1.29 is 0 Å². The van der Waals surface area contributed by atoms with Crippen molar-refractivity contribution in [3.05, 3.63) is 194 Å². The molecular weight excluding hydrogens is 693 g/mol. The number of rotatable bonds is 6. The van der Waals surface area contributed by atoms with Crippen LogP contribution in [0.25, 0.3) is 61.9 Å². The molecule has 2 aromatic heterocycles. The summed E-state index contributed by atoms with van der Waals surface area (Å²) in [4.78, 5) is 4.77. The van der Waals surface area contributed by atoms with E-state index in [1.807, 2.05) is 22.7 Å². The highest BCUT2D eigenvalue weighted by molar-refractivity contribution is 7.27. The topological polar surface area (TPSA) is 6.48 Å². The zero-order valence-electron chi connectivity index (χ0n) is 29.2. The summed E-state index contributed by atoms with van der Waals surface area (Å²) >= 11 is 3.76. The SMILES string of the molecule is c1ccc(N(c2ccccc2)c2cccc(N(c3ccc4sc5ccccc5c4c3)c3ccc4c(c3)c3ccccc3c3c5ccccc5sc43)c2)cc1. The zero-order valence-corrected chi connectivity index (χ0v) is 30.8. The first-order chi connectivity index (χ1) is 26.8. The van der Waals surface area contributed by atoms with Gasteiger partial charge in [0.15, 0.2) is 0 Å². The molecule has 0 N–H and O–H groups in total. The Bertz CT molecular complexity index is 3140. The Hall–Kier alpha value is -6.46. The standard InChI is InChI=1S/C50H32N2S2/c1-3-14-33(15-4-1)51(34-16-5-2-6-17-34)35-18-13-19-36(30-35)52(38-27-29-48-45(32-38)40-21-9-11-24-46(40)53-48)37-26-28-42-44(31-37)39-20-7-8-22-41(39)49-43-23-10-12-25-47(43)54-50(42)49/h1-32H. The Balaban J connectivity index is 1.17. The number of nitrogens with zero attached hydrogens (tertiary/aromatic N) is 2. The fourth-order valence-electron chi connectivity index (χ4n) is 8.20. The summed E-state index contributed by atoms with van der Waals surface area (Å²) < 4.78 is 5.27. The first-order valence-electron chi connectivity index (χ1n) is 18.3. The van der Waals surface area contributed by atoms with Gasteiger partial charge in [-0.15, -0.1) is 22.7 Å². The maximum Gasteiger partial charge on any atom is 0.0482 e. The van der Waals surface area contributed by atoms with Gasteiger partial charge >= 0.3 is 0 Å². The predicted octanol–water partition coefficient (Wildman–Crippen LogP) is 15.7. The molecule has 0 aliphatic carbocycles. The van der Waals surface area contributed by atoms with Gasteiger partial charge in [-0.2, -0.15) is 0 Å². The third kappa shape index (κ3) is 4.99. The third-order valence-electron chi connectivity index (χ3n) is 10.6. The van der Waals surface area contributed by atoms with Gasteiger partial charge in [0.1, 0.15) is 0 Å². The fourth-order valence-corrected chi connectivity index (χ4v) is 10.5. The van der Waals surface area contributed by atoms with Crippen LogP contribution in [0.15, 0.2) is 194 Å². The van der Waals surface area contributed by atoms with Crippen LogP contribution in [0.1, 0.15) is 0 Å². The Labute approximate surface area is 321 Å². The van der Waals surface area contributed by atoms with Crippen LogP contribution >= 0.6 is 22.7 Å². The van der Waals surface area contributed by atoms with E-state index >= 15 is 0 Å². The van der Waals surface area contributed by atoms with E-state index < -0.39 is 0 Å². The number of thiophene rings is 2. The molecule has 0 radical (unpaired) electrons. The maximum atomic E-state index is 2.44. The van der Waals surface area contributed by atoms with Crippen molar-refractivity contribution >= 4 is 119 Å². The molecule has 0 atom stereocenters. The minimum atomic E-state index is 1.09. The monoisotopic (exact) mass is 724 g/mol. The molecule has 0 aliphatic rings. The molecule has 2 nitrogen and oxygen atoms in total. The van der Waals surface area contributed by atoms with Gasteiger partial charge in [-0.3, -0.25) is 0 Å². The second-order valence-electron chi connectivity index (χ2n) is 13.7. The summed E-state index contributed by atoms with van der Waals surface area (Å²) in [6, 6.07) is 70.8. The number of anilines is 6. The van der Waals surface area contributed by atoms with E-state index in [0.717, 1.165) is 34.1 Å². The Morgan fingerprint density at radius 2 is 0.741 bits per heavy atom. The van der Waals surface area contributed by atoms with Gasteiger partial charge in [-0.25, -0.2) is 0 Å². The number of fused-ring (bicyclic) bond motifs is 11. The molecule has 11 rings (SSSR count). The normalized spacial score (nSPS) is 11.7. The molecule has 54 heavy (non-hydrogen) atoms. The largest absolute Gasteiger partial charge is 0.310 e. The molecule has 9 aromatic carbocycles. The van der Waals surface area contributed by atoms with Crippen LogP contribution < -0.4 is 9.80 Å². The van der Waals surface area contributed by atoms with E-state index in [4.69, 9.17) is 0 Å². The molecule has 0 unspecified atom stereocenters. The Kier molecular flexibility index (Phi) is 7.25. The molecule has 0 bridgehead atoms. The maximum absolute atomic E-state index is 2.44. The summed E-state index contributed by atoms with van der Waals surface area (Å²) in [5.41, 5.74) is 6.66. The lowest BCUT2D eigenvalue weighted by Crippen LogP contribution is -2.13. The van der Waals surface area contributed by atoms with Crippen molar-refractivity contribution in [2.75, 3.05) is 9.80 Å². The van der Waals surface area contributed by atoms with Gasteiger partial charge in [0.05, 0.1) is 0 Å². The lowest BCUT2D eigenvalue weighted by atomic mass is 9.96. The summed E-state index contributed by atoms with van der Waals surface area (Å²) in [5.74, 6) is 0. The minimum absolute atomic E-state index is 1.09. The molecule has 0 saturated heterocycles. The van der Waals surface area contributed by atoms with Crippen molar-refractivity contribution in [2.24, 2.45) is 0 Å². The lowest BCUT2D eigenvalue weighted by molar-refractivity contribution is 1.25. The molecule has 11 aromatic rings. The van der Waals surface area contributed by atoms with E-state index in [9.17, 15) is 0 Å². The average molecular weight is 725 g/mol. The third-order valence-corrected chi connectivity index (χ3v) is 12.9. The summed E-state index contributed by atoms with van der Waals surface area (Å²) in [6.45, 7) is 0. The molecule has 0 saturated carbocycles. The summed E-state index contributed by atoms with van der Waals surface area (Å²) in [7, 11) is 0. The number of para-hydroxylation sites is 2. The highest BCUT2D eigenvalue weighted by Crippen LogP contribution is 2.47. The minimum Gasteiger partial charge on any atom is -0.310 e. The summed E-state index contributed by atoms with van der Waals surface area (Å²) in [5, 5.41) is 10.4. The first kappa shape index (κ1) is 31.1. The van der Waals surface area contributed by atoms with Crippen molar-refractivity contribution in [2.45, 2.75) is 0 Å². The van der Waals surface area contributed by atoms with Gasteiger partial charge < -0.3 is 9.80 Å². The van der Waals surface area contributed by atoms with E-state index in [1.54, 1.807) is 0 Å². The van der Waals surface area contributed by atoms with Crippen LogP contribution in [0.5, 0.6) is 0 Å². The van der Waals surface area contributed by atoms with Crippen LogP contribution in [-0.4, -0.2) is 0 Å². The van der Waals surface area contributed by atoms with Crippen LogP contribution in [0.4, 0.5) is 34.1 Å². The van der Waals surface area contributed by atoms with Crippen LogP contribution in [0, 0.1) is 0 Å². The van der Waals surface area contributed by atoms with E-state index in [0.29, 0.717) is 0 Å². The van der Waals surface area contributed by atoms with Crippen LogP contribution in [0.3, 0.4) is 0 Å². The van der Waals surface area contributed by atoms with Crippen molar-refractivity contribution in [3.8, 4) is 0 Å². The highest BCUT2D eigenvalue weighted by atomic mass is 32.1. The molecule has 0 amide bonds. The molecule has 254 valence electrons. The van der Waals surface area contributed by atoms with Gasteiger partial charge in [-0.05, 0) is 101 Å². The van der Waals surface area contributed by atoms with Crippen molar-refractivity contribution in [1.82, 2.24) is 0 Å². The second-order valence-corrected chi connectivity index (χ2v) is 15.9. The summed E-state index contributed by atoms with van der Waals surface area (Å²) in [6.07, 6.45) is 0. The first-order valence-corrected chi connectivity index (χ1v) is 19.9. The quantitative estimate of drug-likeness (QED) is 0.158. The zero-order chi connectivity index (χ0) is 35.6. The Morgan fingerprint density at radius 3 is 1.44 bits per heavy atom. The molecule has 0 fully saturated rings. The fraction of sp³-hybridized carbons (Fsp3) is 0. The van der Waals surface area contributed by atoms with Crippen molar-refractivity contribution in [1.29, 1.82) is 0 Å². The number of hydrogen-bond donors (Lipinski definition) is 0. The Morgan fingerprint density at radius 1 is 0.259 bits per heavy atom. The molecule has 0 spiro atoms. The van der Waals surface area contributed by atoms with Crippen LogP contribution in [-0.2, 0) is 0 Å².